The van der Waals surface area contributed by atoms with Crippen LogP contribution in [0.2, 0.25) is 0 Å². The molecular weight excluding hydrogens is 581 g/mol. The lowest BCUT2D eigenvalue weighted by Gasteiger charge is -2.33. The minimum atomic E-state index is 0.638. The van der Waals surface area contributed by atoms with Crippen LogP contribution in [0.25, 0.3) is 0 Å². The first-order valence-corrected chi connectivity index (χ1v) is 23.0. The van der Waals surface area contributed by atoms with Crippen LogP contribution in [-0.4, -0.2) is 29.1 Å². The average Bonchev–Trinajstić information content (AvgIpc) is 3.48. The minimum absolute atomic E-state index is 0.638. The Morgan fingerprint density at radius 1 is 0.271 bits per heavy atom. The molecule has 0 saturated heterocycles. The Labute approximate surface area is 305 Å². The topological polar surface area (TPSA) is 6.48 Å². The summed E-state index contributed by atoms with van der Waals surface area (Å²) in [5, 5.41) is 0. The molecule has 0 spiro atoms. The van der Waals surface area contributed by atoms with Crippen molar-refractivity contribution in [1.82, 2.24) is 9.80 Å². The van der Waals surface area contributed by atoms with Crippen molar-refractivity contribution in [2.45, 2.75) is 271 Å². The molecule has 0 unspecified atom stereocenters. The van der Waals surface area contributed by atoms with E-state index in [0.717, 1.165) is 0 Å². The predicted molar refractivity (Wildman–Crippen MR) is 219 cm³/mol. The van der Waals surface area contributed by atoms with Gasteiger partial charge in [0.15, 0.2) is 0 Å². The van der Waals surface area contributed by atoms with Crippen LogP contribution < -0.4 is 0 Å². The summed E-state index contributed by atoms with van der Waals surface area (Å²) < 4.78 is 0. The van der Waals surface area contributed by atoms with Crippen LogP contribution in [0.15, 0.2) is 12.4 Å². The Morgan fingerprint density at radius 2 is 0.479 bits per heavy atom. The Kier molecular flexibility index (Phi) is 35.5. The smallest absolute Gasteiger partial charge is 0.101 e. The first-order chi connectivity index (χ1) is 23.8. The molecule has 2 nitrogen and oxygen atoms in total. The molecule has 0 saturated carbocycles. The van der Waals surface area contributed by atoms with Crippen molar-refractivity contribution in [3.63, 3.8) is 0 Å². The zero-order chi connectivity index (χ0) is 34.4. The molecule has 2 heteroatoms. The second-order valence-electron chi connectivity index (χ2n) is 16.1. The molecule has 48 heavy (non-hydrogen) atoms. The summed E-state index contributed by atoms with van der Waals surface area (Å²) in [5.74, 6) is 0. The van der Waals surface area contributed by atoms with Crippen LogP contribution in [-0.2, 0) is 0 Å². The molecule has 0 aromatic heterocycles. The highest BCUT2D eigenvalue weighted by molar-refractivity contribution is 4.97. The molecule has 0 aromatic carbocycles. The monoisotopic (exact) mass is 673 g/mol. The Bertz CT molecular complexity index is 582. The number of hydrogen-bond acceptors (Lipinski definition) is 2. The Hall–Kier alpha value is -0.660. The third-order valence-electron chi connectivity index (χ3n) is 11.3. The van der Waals surface area contributed by atoms with Gasteiger partial charge in [0.2, 0.25) is 0 Å². The molecule has 286 valence electrons. The van der Waals surface area contributed by atoms with E-state index in [4.69, 9.17) is 0 Å². The fourth-order valence-corrected chi connectivity index (χ4v) is 7.95. The van der Waals surface area contributed by atoms with Crippen LogP contribution in [0.3, 0.4) is 0 Å². The van der Waals surface area contributed by atoms with E-state index in [1.54, 1.807) is 0 Å². The van der Waals surface area contributed by atoms with Crippen molar-refractivity contribution in [2.24, 2.45) is 0 Å². The van der Waals surface area contributed by atoms with E-state index in [1.807, 2.05) is 0 Å². The van der Waals surface area contributed by atoms with Gasteiger partial charge in [-0.25, -0.2) is 0 Å². The van der Waals surface area contributed by atoms with Crippen molar-refractivity contribution >= 4 is 0 Å². The molecule has 0 aromatic rings. The summed E-state index contributed by atoms with van der Waals surface area (Å²) in [6.45, 7) is 9.50. The van der Waals surface area contributed by atoms with Gasteiger partial charge in [-0.05, 0) is 25.7 Å². The zero-order valence-electron chi connectivity index (χ0n) is 33.9. The van der Waals surface area contributed by atoms with Gasteiger partial charge >= 0.3 is 0 Å². The molecule has 0 bridgehead atoms. The average molecular weight is 673 g/mol. The number of rotatable bonds is 40. The van der Waals surface area contributed by atoms with Crippen molar-refractivity contribution in [2.75, 3.05) is 13.1 Å². The Morgan fingerprint density at radius 3 is 0.729 bits per heavy atom. The summed E-state index contributed by atoms with van der Waals surface area (Å²) in [6.07, 6.45) is 60.4. The highest BCUT2D eigenvalue weighted by Gasteiger charge is 2.24. The molecule has 1 rings (SSSR count). The number of hydrogen-bond donors (Lipinski definition) is 0. The van der Waals surface area contributed by atoms with Crippen LogP contribution >= 0.6 is 0 Å². The standard InChI is InChI=1S/C46H92N2/c1-4-7-10-12-14-16-18-20-22-24-26-28-30-32-34-36-39-42-47-44-45-48(46(47)41-38-9-6-3)43-40-37-35-33-31-29-27-25-23-21-19-17-15-13-11-8-5-2/h44-46H,4-43H2,1-3H3. The summed E-state index contributed by atoms with van der Waals surface area (Å²) in [4.78, 5) is 5.41. The van der Waals surface area contributed by atoms with Gasteiger partial charge in [-0.15, -0.1) is 0 Å². The minimum Gasteiger partial charge on any atom is -0.356 e. The summed E-state index contributed by atoms with van der Waals surface area (Å²) in [7, 11) is 0. The second kappa shape index (κ2) is 37.6. The fraction of sp³-hybridized carbons (Fsp3) is 0.957. The van der Waals surface area contributed by atoms with Gasteiger partial charge in [0.1, 0.15) is 6.17 Å². The maximum absolute atomic E-state index is 2.70. The first-order valence-electron chi connectivity index (χ1n) is 23.0. The van der Waals surface area contributed by atoms with E-state index >= 15 is 0 Å². The lowest BCUT2D eigenvalue weighted by atomic mass is 10.0. The summed E-state index contributed by atoms with van der Waals surface area (Å²) >= 11 is 0. The predicted octanol–water partition coefficient (Wildman–Crippen LogP) is 16.3. The van der Waals surface area contributed by atoms with E-state index < -0.39 is 0 Å². The number of nitrogens with zero attached hydrogens (tertiary/aromatic N) is 2. The number of unbranched alkanes of at least 4 members (excludes halogenated alkanes) is 34. The molecule has 0 radical (unpaired) electrons. The zero-order valence-corrected chi connectivity index (χ0v) is 33.9. The van der Waals surface area contributed by atoms with Crippen molar-refractivity contribution in [3.05, 3.63) is 12.4 Å². The molecule has 0 amide bonds. The Balaban J connectivity index is 1.98. The lowest BCUT2D eigenvalue weighted by molar-refractivity contribution is 0.135. The van der Waals surface area contributed by atoms with Crippen molar-refractivity contribution in [1.29, 1.82) is 0 Å². The van der Waals surface area contributed by atoms with Gasteiger partial charge in [0.25, 0.3) is 0 Å². The normalized spacial score (nSPS) is 13.5. The summed E-state index contributed by atoms with van der Waals surface area (Å²) in [5.41, 5.74) is 0. The molecule has 1 aliphatic heterocycles. The molecule has 0 N–H and O–H groups in total. The largest absolute Gasteiger partial charge is 0.356 e. The highest BCUT2D eigenvalue weighted by atomic mass is 15.4. The van der Waals surface area contributed by atoms with Crippen LogP contribution in [0.1, 0.15) is 265 Å². The quantitative estimate of drug-likeness (QED) is 0.0598. The molecule has 1 aliphatic rings. The van der Waals surface area contributed by atoms with Gasteiger partial charge in [-0.1, -0.05) is 239 Å². The third kappa shape index (κ3) is 29.1. The van der Waals surface area contributed by atoms with Gasteiger partial charge in [0.05, 0.1) is 0 Å². The SMILES string of the molecule is CCCCCCCCCCCCCCCCCCCN1C=CN(CCCCCCCCCCCCCCCCCCC)C1CCCCC. The van der Waals surface area contributed by atoms with Crippen molar-refractivity contribution < 1.29 is 0 Å². The second-order valence-corrected chi connectivity index (χ2v) is 16.1. The van der Waals surface area contributed by atoms with E-state index in [-0.39, 0.29) is 0 Å². The molecule has 1 heterocycles. The van der Waals surface area contributed by atoms with E-state index in [9.17, 15) is 0 Å². The fourth-order valence-electron chi connectivity index (χ4n) is 7.95. The summed E-state index contributed by atoms with van der Waals surface area (Å²) in [6, 6.07) is 0. The van der Waals surface area contributed by atoms with E-state index in [2.05, 4.69) is 43.0 Å². The molecule has 0 atom stereocenters. The van der Waals surface area contributed by atoms with E-state index in [1.165, 1.54) is 257 Å². The lowest BCUT2D eigenvalue weighted by Crippen LogP contribution is -2.39. The maximum atomic E-state index is 2.70. The van der Waals surface area contributed by atoms with Gasteiger partial charge in [0, 0.05) is 25.5 Å². The maximum Gasteiger partial charge on any atom is 0.101 e. The third-order valence-corrected chi connectivity index (χ3v) is 11.3. The van der Waals surface area contributed by atoms with Gasteiger partial charge in [-0.3, -0.25) is 0 Å². The van der Waals surface area contributed by atoms with E-state index in [0.29, 0.717) is 6.17 Å². The molecule has 0 aliphatic carbocycles. The van der Waals surface area contributed by atoms with Crippen LogP contribution in [0.4, 0.5) is 0 Å². The highest BCUT2D eigenvalue weighted by Crippen LogP contribution is 2.24. The van der Waals surface area contributed by atoms with Crippen LogP contribution in [0.5, 0.6) is 0 Å². The van der Waals surface area contributed by atoms with Gasteiger partial charge < -0.3 is 9.80 Å². The first kappa shape index (κ1) is 45.4. The molecular formula is C46H92N2. The van der Waals surface area contributed by atoms with Crippen molar-refractivity contribution in [3.8, 4) is 0 Å². The van der Waals surface area contributed by atoms with Gasteiger partial charge in [-0.2, -0.15) is 0 Å². The molecule has 0 fully saturated rings. The van der Waals surface area contributed by atoms with Crippen LogP contribution in [0, 0.1) is 0 Å².